The van der Waals surface area contributed by atoms with Gasteiger partial charge < -0.3 is 4.98 Å². The zero-order chi connectivity index (χ0) is 19.5. The van der Waals surface area contributed by atoms with E-state index < -0.39 is 11.6 Å². The van der Waals surface area contributed by atoms with Crippen LogP contribution in [-0.4, -0.2) is 20.9 Å². The van der Waals surface area contributed by atoms with Crippen LogP contribution < -0.4 is 4.72 Å². The molecule has 0 atom stereocenters. The van der Waals surface area contributed by atoms with Crippen molar-refractivity contribution in [3.8, 4) is 0 Å². The van der Waals surface area contributed by atoms with Crippen molar-refractivity contribution in [2.75, 3.05) is 0 Å². The third kappa shape index (κ3) is 8.00. The Balaban J connectivity index is 0.000000333. The van der Waals surface area contributed by atoms with Crippen LogP contribution in [0.4, 0.5) is 13.2 Å². The van der Waals surface area contributed by atoms with Crippen LogP contribution in [0.3, 0.4) is 0 Å². The molecular formula is C17H25BrF3N3S. The van der Waals surface area contributed by atoms with Crippen molar-refractivity contribution in [3.05, 3.63) is 28.5 Å². The van der Waals surface area contributed by atoms with Crippen LogP contribution in [0.5, 0.6) is 0 Å². The van der Waals surface area contributed by atoms with E-state index in [1.807, 2.05) is 18.2 Å². The predicted octanol–water partition coefficient (Wildman–Crippen LogP) is 6.46. The van der Waals surface area contributed by atoms with Crippen molar-refractivity contribution in [3.63, 3.8) is 0 Å². The lowest BCUT2D eigenvalue weighted by atomic mass is 9.96. The van der Waals surface area contributed by atoms with Crippen LogP contribution in [0.15, 0.2) is 22.7 Å². The number of aromatic nitrogens is 2. The molecular weight excluding hydrogens is 415 g/mol. The standard InChI is InChI=1S/C12H16BrN3S.C5H9F3/c1-12(2,3)17-14-7-11-15-9-5-4-8(13)6-10(9)16-11;1-4(2,3)5(6,7)8/h4-6,14H,7H2,1-3H3,(H,15,16);1-3H3. The number of alkyl halides is 3. The Kier molecular flexibility index (Phi) is 7.41. The molecule has 142 valence electrons. The van der Waals surface area contributed by atoms with Gasteiger partial charge in [0.2, 0.25) is 0 Å². The molecule has 1 aromatic heterocycles. The van der Waals surface area contributed by atoms with Gasteiger partial charge in [-0.1, -0.05) is 48.6 Å². The zero-order valence-electron chi connectivity index (χ0n) is 15.3. The first-order valence-electron chi connectivity index (χ1n) is 7.81. The Bertz CT molecular complexity index is 673. The van der Waals surface area contributed by atoms with Crippen molar-refractivity contribution >= 4 is 38.9 Å². The molecule has 2 aromatic rings. The molecule has 3 nitrogen and oxygen atoms in total. The van der Waals surface area contributed by atoms with Crippen LogP contribution in [-0.2, 0) is 6.54 Å². The summed E-state index contributed by atoms with van der Waals surface area (Å²) in [5, 5.41) is 0. The molecule has 0 radical (unpaired) electrons. The van der Waals surface area contributed by atoms with E-state index in [1.54, 1.807) is 11.9 Å². The fraction of sp³-hybridized carbons (Fsp3) is 0.588. The first kappa shape index (κ1) is 22.3. The van der Waals surface area contributed by atoms with E-state index in [-0.39, 0.29) is 4.75 Å². The molecule has 25 heavy (non-hydrogen) atoms. The van der Waals surface area contributed by atoms with Crippen LogP contribution in [0.25, 0.3) is 11.0 Å². The van der Waals surface area contributed by atoms with Gasteiger partial charge >= 0.3 is 6.18 Å². The number of hydrogen-bond acceptors (Lipinski definition) is 3. The fourth-order valence-corrected chi connectivity index (χ4v) is 2.44. The van der Waals surface area contributed by atoms with E-state index >= 15 is 0 Å². The van der Waals surface area contributed by atoms with Crippen LogP contribution in [0.1, 0.15) is 47.4 Å². The summed E-state index contributed by atoms with van der Waals surface area (Å²) in [5.74, 6) is 0.967. The number of hydrogen-bond donors (Lipinski definition) is 2. The average molecular weight is 440 g/mol. The van der Waals surface area contributed by atoms with E-state index in [1.165, 1.54) is 0 Å². The van der Waals surface area contributed by atoms with Gasteiger partial charge in [0.25, 0.3) is 0 Å². The molecule has 0 spiro atoms. The van der Waals surface area contributed by atoms with E-state index in [4.69, 9.17) is 0 Å². The molecule has 2 N–H and O–H groups in total. The van der Waals surface area contributed by atoms with E-state index in [2.05, 4.69) is 51.4 Å². The van der Waals surface area contributed by atoms with Gasteiger partial charge in [-0.05, 0) is 39.0 Å². The molecule has 2 rings (SSSR count). The molecule has 0 saturated heterocycles. The molecule has 0 unspecified atom stereocenters. The molecule has 0 bridgehead atoms. The van der Waals surface area contributed by atoms with Gasteiger partial charge in [0.15, 0.2) is 0 Å². The first-order valence-corrected chi connectivity index (χ1v) is 9.42. The summed E-state index contributed by atoms with van der Waals surface area (Å²) in [5.41, 5.74) is 0.509. The molecule has 0 amide bonds. The summed E-state index contributed by atoms with van der Waals surface area (Å²) >= 11 is 5.18. The summed E-state index contributed by atoms with van der Waals surface area (Å²) in [6.07, 6.45) is -4.06. The number of H-pyrrole nitrogens is 1. The second kappa shape index (κ2) is 8.31. The quantitative estimate of drug-likeness (QED) is 0.539. The van der Waals surface area contributed by atoms with Gasteiger partial charge in [-0.3, -0.25) is 4.72 Å². The number of aromatic amines is 1. The maximum atomic E-state index is 11.6. The summed E-state index contributed by atoms with van der Waals surface area (Å²) < 4.78 is 39.3. The normalized spacial score (nSPS) is 12.9. The molecule has 0 aliphatic rings. The summed E-state index contributed by atoms with van der Waals surface area (Å²) in [7, 11) is 0. The number of nitrogens with one attached hydrogen (secondary N) is 2. The fourth-order valence-electron chi connectivity index (χ4n) is 1.44. The van der Waals surface area contributed by atoms with E-state index in [0.29, 0.717) is 0 Å². The van der Waals surface area contributed by atoms with Crippen molar-refractivity contribution < 1.29 is 13.2 Å². The Labute approximate surface area is 159 Å². The van der Waals surface area contributed by atoms with Gasteiger partial charge in [0.05, 0.1) is 23.0 Å². The second-order valence-electron chi connectivity index (χ2n) is 7.63. The number of nitrogens with zero attached hydrogens (tertiary/aromatic N) is 1. The number of rotatable bonds is 3. The minimum absolute atomic E-state index is 0.217. The maximum Gasteiger partial charge on any atom is 0.393 e. The topological polar surface area (TPSA) is 40.7 Å². The SMILES string of the molecule is CC(C)(C)C(F)(F)F.CC(C)(C)SNCc1nc2ccc(Br)cc2[nH]1. The molecule has 0 aliphatic heterocycles. The summed E-state index contributed by atoms with van der Waals surface area (Å²) in [4.78, 5) is 7.83. The molecule has 1 aromatic carbocycles. The summed E-state index contributed by atoms with van der Waals surface area (Å²) in [6, 6.07) is 6.06. The Morgan fingerprint density at radius 1 is 1.12 bits per heavy atom. The molecule has 0 saturated carbocycles. The summed E-state index contributed by atoms with van der Waals surface area (Å²) in [6.45, 7) is 10.7. The van der Waals surface area contributed by atoms with Crippen molar-refractivity contribution in [2.24, 2.45) is 5.41 Å². The Hall–Kier alpha value is -0.730. The van der Waals surface area contributed by atoms with E-state index in [0.717, 1.165) is 48.6 Å². The lowest BCUT2D eigenvalue weighted by Gasteiger charge is -2.21. The van der Waals surface area contributed by atoms with Gasteiger partial charge in [-0.25, -0.2) is 4.98 Å². The highest BCUT2D eigenvalue weighted by Crippen LogP contribution is 2.36. The highest BCUT2D eigenvalue weighted by Gasteiger charge is 2.42. The molecule has 0 fully saturated rings. The van der Waals surface area contributed by atoms with Crippen molar-refractivity contribution in [1.29, 1.82) is 0 Å². The first-order chi connectivity index (χ1) is 11.2. The Morgan fingerprint density at radius 2 is 1.68 bits per heavy atom. The van der Waals surface area contributed by atoms with Gasteiger partial charge in [0, 0.05) is 9.22 Å². The Morgan fingerprint density at radius 3 is 2.16 bits per heavy atom. The number of benzene rings is 1. The largest absolute Gasteiger partial charge is 0.393 e. The van der Waals surface area contributed by atoms with Crippen molar-refractivity contribution in [2.45, 2.75) is 59.0 Å². The maximum absolute atomic E-state index is 11.6. The number of halogens is 4. The van der Waals surface area contributed by atoms with Gasteiger partial charge in [-0.15, -0.1) is 0 Å². The van der Waals surface area contributed by atoms with Crippen molar-refractivity contribution in [1.82, 2.24) is 14.7 Å². The lowest BCUT2D eigenvalue weighted by molar-refractivity contribution is -0.204. The average Bonchev–Trinajstić information content (AvgIpc) is 2.77. The highest BCUT2D eigenvalue weighted by molar-refractivity contribution is 9.10. The number of imidazole rings is 1. The predicted molar refractivity (Wildman–Crippen MR) is 103 cm³/mol. The third-order valence-electron chi connectivity index (χ3n) is 2.96. The van der Waals surface area contributed by atoms with E-state index in [9.17, 15) is 13.2 Å². The molecule has 8 heteroatoms. The molecule has 0 aliphatic carbocycles. The zero-order valence-corrected chi connectivity index (χ0v) is 17.7. The number of fused-ring (bicyclic) bond motifs is 1. The van der Waals surface area contributed by atoms with Crippen LogP contribution >= 0.6 is 27.9 Å². The van der Waals surface area contributed by atoms with Crippen LogP contribution in [0.2, 0.25) is 0 Å². The highest BCUT2D eigenvalue weighted by atomic mass is 79.9. The van der Waals surface area contributed by atoms with Crippen LogP contribution in [0, 0.1) is 5.41 Å². The van der Waals surface area contributed by atoms with Gasteiger partial charge in [0.1, 0.15) is 5.82 Å². The molecule has 1 heterocycles. The lowest BCUT2D eigenvalue weighted by Crippen LogP contribution is -2.28. The minimum Gasteiger partial charge on any atom is -0.341 e. The third-order valence-corrected chi connectivity index (χ3v) is 4.36. The smallest absolute Gasteiger partial charge is 0.341 e. The monoisotopic (exact) mass is 439 g/mol. The second-order valence-corrected chi connectivity index (χ2v) is 10.3. The minimum atomic E-state index is -4.06. The van der Waals surface area contributed by atoms with Gasteiger partial charge in [-0.2, -0.15) is 13.2 Å².